The van der Waals surface area contributed by atoms with Gasteiger partial charge >= 0.3 is 12.1 Å². The van der Waals surface area contributed by atoms with Gasteiger partial charge in [0.25, 0.3) is 0 Å². The highest BCUT2D eigenvalue weighted by molar-refractivity contribution is 6.31. The molecular formula is C14H8ClF3O2. The van der Waals surface area contributed by atoms with Gasteiger partial charge in [0, 0.05) is 5.02 Å². The average molecular weight is 301 g/mol. The summed E-state index contributed by atoms with van der Waals surface area (Å²) in [5, 5.41) is 9.26. The van der Waals surface area contributed by atoms with Gasteiger partial charge < -0.3 is 5.11 Å². The predicted molar refractivity (Wildman–Crippen MR) is 68.8 cm³/mol. The van der Waals surface area contributed by atoms with Crippen LogP contribution in [0.1, 0.15) is 15.9 Å². The largest absolute Gasteiger partial charge is 0.478 e. The fourth-order valence-corrected chi connectivity index (χ4v) is 2.06. The van der Waals surface area contributed by atoms with E-state index >= 15 is 0 Å². The third kappa shape index (κ3) is 2.77. The predicted octanol–water partition coefficient (Wildman–Crippen LogP) is 4.72. The summed E-state index contributed by atoms with van der Waals surface area (Å²) in [6.45, 7) is 0. The number of alkyl halides is 3. The molecule has 0 atom stereocenters. The molecule has 0 saturated heterocycles. The van der Waals surface area contributed by atoms with Gasteiger partial charge in [-0.2, -0.15) is 13.2 Å². The Bertz CT molecular complexity index is 666. The number of carboxylic acids is 1. The molecule has 0 radical (unpaired) electrons. The fourth-order valence-electron chi connectivity index (χ4n) is 1.89. The number of hydrogen-bond donors (Lipinski definition) is 1. The molecule has 0 spiro atoms. The van der Waals surface area contributed by atoms with E-state index < -0.39 is 17.7 Å². The normalized spacial score (nSPS) is 11.4. The molecule has 0 heterocycles. The highest BCUT2D eigenvalue weighted by Crippen LogP contribution is 2.38. The standard InChI is InChI=1S/C14H8ClF3O2/c15-8-5-6-10(13(19)20)11(7-8)9-3-1-2-4-12(9)14(16,17)18/h1-7H,(H,19,20). The van der Waals surface area contributed by atoms with Crippen molar-refractivity contribution in [3.63, 3.8) is 0 Å². The monoisotopic (exact) mass is 300 g/mol. The van der Waals surface area contributed by atoms with Crippen molar-refractivity contribution in [3.05, 3.63) is 58.6 Å². The second-order valence-corrected chi connectivity index (χ2v) is 4.47. The van der Waals surface area contributed by atoms with Crippen molar-refractivity contribution in [2.45, 2.75) is 6.18 Å². The summed E-state index contributed by atoms with van der Waals surface area (Å²) in [6, 6.07) is 8.52. The summed E-state index contributed by atoms with van der Waals surface area (Å²) >= 11 is 5.76. The number of carbonyl (C=O) groups is 1. The first-order chi connectivity index (χ1) is 9.30. The van der Waals surface area contributed by atoms with Gasteiger partial charge in [-0.3, -0.25) is 0 Å². The molecule has 2 nitrogen and oxygen atoms in total. The van der Waals surface area contributed by atoms with Crippen molar-refractivity contribution in [3.8, 4) is 11.1 Å². The van der Waals surface area contributed by atoms with Crippen LogP contribution in [0.5, 0.6) is 0 Å². The van der Waals surface area contributed by atoms with Crippen LogP contribution in [0.2, 0.25) is 5.02 Å². The molecule has 0 aliphatic heterocycles. The van der Waals surface area contributed by atoms with Crippen LogP contribution in [0.4, 0.5) is 13.2 Å². The third-order valence-electron chi connectivity index (χ3n) is 2.73. The molecule has 0 saturated carbocycles. The van der Waals surface area contributed by atoms with Crippen LogP contribution in [0.25, 0.3) is 11.1 Å². The second-order valence-electron chi connectivity index (χ2n) is 4.04. The van der Waals surface area contributed by atoms with E-state index in [-0.39, 0.29) is 21.7 Å². The summed E-state index contributed by atoms with van der Waals surface area (Å²) in [5.74, 6) is -1.31. The van der Waals surface area contributed by atoms with Crippen LogP contribution in [0, 0.1) is 0 Å². The Morgan fingerprint density at radius 1 is 1.05 bits per heavy atom. The van der Waals surface area contributed by atoms with Gasteiger partial charge in [-0.15, -0.1) is 0 Å². The highest BCUT2D eigenvalue weighted by atomic mass is 35.5. The average Bonchev–Trinajstić information content (AvgIpc) is 2.37. The fraction of sp³-hybridized carbons (Fsp3) is 0.0714. The maximum Gasteiger partial charge on any atom is 0.417 e. The van der Waals surface area contributed by atoms with Crippen LogP contribution in [0.3, 0.4) is 0 Å². The smallest absolute Gasteiger partial charge is 0.417 e. The van der Waals surface area contributed by atoms with Crippen LogP contribution >= 0.6 is 11.6 Å². The van der Waals surface area contributed by atoms with Gasteiger partial charge in [0.15, 0.2) is 0 Å². The summed E-state index contributed by atoms with van der Waals surface area (Å²) in [6.07, 6.45) is -4.57. The van der Waals surface area contributed by atoms with Crippen molar-refractivity contribution in [2.75, 3.05) is 0 Å². The van der Waals surface area contributed by atoms with Gasteiger partial charge in [0.05, 0.1) is 11.1 Å². The Balaban J connectivity index is 2.75. The number of rotatable bonds is 2. The minimum atomic E-state index is -4.57. The molecule has 2 aromatic rings. The van der Waals surface area contributed by atoms with Gasteiger partial charge in [-0.1, -0.05) is 29.8 Å². The molecule has 1 N–H and O–H groups in total. The molecule has 20 heavy (non-hydrogen) atoms. The van der Waals surface area contributed by atoms with E-state index in [2.05, 4.69) is 0 Å². The van der Waals surface area contributed by atoms with E-state index in [9.17, 15) is 18.0 Å². The zero-order valence-electron chi connectivity index (χ0n) is 9.91. The van der Waals surface area contributed by atoms with Crippen LogP contribution in [-0.2, 0) is 6.18 Å². The summed E-state index contributed by atoms with van der Waals surface area (Å²) in [4.78, 5) is 11.1. The maximum atomic E-state index is 13.0. The molecule has 104 valence electrons. The lowest BCUT2D eigenvalue weighted by Crippen LogP contribution is -2.08. The number of hydrogen-bond acceptors (Lipinski definition) is 1. The molecular weight excluding hydrogens is 293 g/mol. The second kappa shape index (κ2) is 5.17. The van der Waals surface area contributed by atoms with Crippen molar-refractivity contribution >= 4 is 17.6 Å². The molecule has 0 aromatic heterocycles. The highest BCUT2D eigenvalue weighted by Gasteiger charge is 2.34. The van der Waals surface area contributed by atoms with E-state index in [1.807, 2.05) is 0 Å². The lowest BCUT2D eigenvalue weighted by atomic mass is 9.95. The van der Waals surface area contributed by atoms with E-state index in [0.29, 0.717) is 0 Å². The Morgan fingerprint density at radius 3 is 2.30 bits per heavy atom. The third-order valence-corrected chi connectivity index (χ3v) is 2.97. The minimum Gasteiger partial charge on any atom is -0.478 e. The summed E-state index contributed by atoms with van der Waals surface area (Å²) in [5.41, 5.74) is -1.39. The van der Waals surface area contributed by atoms with Crippen molar-refractivity contribution in [2.24, 2.45) is 0 Å². The molecule has 2 rings (SSSR count). The molecule has 0 fully saturated rings. The lowest BCUT2D eigenvalue weighted by Gasteiger charge is -2.14. The van der Waals surface area contributed by atoms with Crippen molar-refractivity contribution in [1.82, 2.24) is 0 Å². The molecule has 0 aliphatic carbocycles. The molecule has 0 bridgehead atoms. The number of aromatic carboxylic acids is 1. The van der Waals surface area contributed by atoms with Crippen molar-refractivity contribution in [1.29, 1.82) is 0 Å². The molecule has 0 unspecified atom stereocenters. The topological polar surface area (TPSA) is 37.3 Å². The SMILES string of the molecule is O=C(O)c1ccc(Cl)cc1-c1ccccc1C(F)(F)F. The maximum absolute atomic E-state index is 13.0. The van der Waals surface area contributed by atoms with Gasteiger partial charge in [-0.05, 0) is 35.4 Å². The van der Waals surface area contributed by atoms with Crippen LogP contribution in [-0.4, -0.2) is 11.1 Å². The number of carboxylic acid groups (broad SMARTS) is 1. The van der Waals surface area contributed by atoms with E-state index in [1.54, 1.807) is 0 Å². The van der Waals surface area contributed by atoms with Gasteiger partial charge in [-0.25, -0.2) is 4.79 Å². The number of benzene rings is 2. The molecule has 6 heteroatoms. The first kappa shape index (κ1) is 14.4. The van der Waals surface area contributed by atoms with Crippen LogP contribution in [0.15, 0.2) is 42.5 Å². The zero-order valence-corrected chi connectivity index (χ0v) is 10.7. The quantitative estimate of drug-likeness (QED) is 0.871. The first-order valence-electron chi connectivity index (χ1n) is 5.50. The van der Waals surface area contributed by atoms with E-state index in [0.717, 1.165) is 6.07 Å². The molecule has 0 aliphatic rings. The minimum absolute atomic E-state index is 0.0575. The number of halogens is 4. The Hall–Kier alpha value is -2.01. The van der Waals surface area contributed by atoms with Gasteiger partial charge in [0.1, 0.15) is 0 Å². The molecule has 2 aromatic carbocycles. The summed E-state index contributed by atoms with van der Waals surface area (Å²) < 4.78 is 39.0. The zero-order chi connectivity index (χ0) is 14.9. The lowest BCUT2D eigenvalue weighted by molar-refractivity contribution is -0.137. The Kier molecular flexibility index (Phi) is 3.72. The van der Waals surface area contributed by atoms with Gasteiger partial charge in [0.2, 0.25) is 0 Å². The molecule has 0 amide bonds. The Labute approximate surface area is 117 Å². The Morgan fingerprint density at radius 2 is 1.70 bits per heavy atom. The van der Waals surface area contributed by atoms with E-state index in [1.165, 1.54) is 36.4 Å². The van der Waals surface area contributed by atoms with E-state index in [4.69, 9.17) is 16.7 Å². The van der Waals surface area contributed by atoms with Crippen LogP contribution < -0.4 is 0 Å². The summed E-state index contributed by atoms with van der Waals surface area (Å²) in [7, 11) is 0. The van der Waals surface area contributed by atoms with Crippen molar-refractivity contribution < 1.29 is 23.1 Å². The first-order valence-corrected chi connectivity index (χ1v) is 5.88.